The van der Waals surface area contributed by atoms with Crippen LogP contribution in [-0.4, -0.2) is 28.8 Å². The van der Waals surface area contributed by atoms with Crippen molar-refractivity contribution in [1.29, 1.82) is 0 Å². The Morgan fingerprint density at radius 3 is 2.82 bits per heavy atom. The molecule has 4 rings (SSSR count). The summed E-state index contributed by atoms with van der Waals surface area (Å²) in [5.74, 6) is 1.89. The second-order valence-electron chi connectivity index (χ2n) is 6.64. The topological polar surface area (TPSA) is 86.5 Å². The maximum atomic E-state index is 12.5. The van der Waals surface area contributed by atoms with Crippen LogP contribution in [0.5, 0.6) is 11.5 Å². The molecule has 0 fully saturated rings. The predicted molar refractivity (Wildman–Crippen MR) is 102 cm³/mol. The number of carbonyl (C=O) groups is 1. The van der Waals surface area contributed by atoms with Gasteiger partial charge in [0.15, 0.2) is 0 Å². The van der Waals surface area contributed by atoms with Crippen LogP contribution in [0.25, 0.3) is 11.5 Å². The fourth-order valence-corrected chi connectivity index (χ4v) is 3.25. The van der Waals surface area contributed by atoms with Gasteiger partial charge in [0.05, 0.1) is 6.61 Å². The molecule has 0 aliphatic carbocycles. The van der Waals surface area contributed by atoms with E-state index in [9.17, 15) is 4.79 Å². The molecule has 7 nitrogen and oxygen atoms in total. The third-order valence-electron chi connectivity index (χ3n) is 4.57. The van der Waals surface area contributed by atoms with Crippen molar-refractivity contribution in [3.63, 3.8) is 0 Å². The number of hydrogen-bond donors (Lipinski definition) is 1. The second kappa shape index (κ2) is 7.72. The van der Waals surface area contributed by atoms with Crippen molar-refractivity contribution in [3.8, 4) is 23.0 Å². The Balaban J connectivity index is 1.46. The molecule has 0 radical (unpaired) electrons. The van der Waals surface area contributed by atoms with Gasteiger partial charge in [0.2, 0.25) is 12.3 Å². The van der Waals surface area contributed by atoms with E-state index >= 15 is 0 Å². The monoisotopic (exact) mass is 379 g/mol. The van der Waals surface area contributed by atoms with E-state index in [1.807, 2.05) is 26.0 Å². The first-order valence-corrected chi connectivity index (χ1v) is 9.24. The molecular formula is C21H21N3O4. The minimum Gasteiger partial charge on any atom is -0.494 e. The molecule has 0 saturated carbocycles. The Kier molecular flexibility index (Phi) is 4.97. The highest BCUT2D eigenvalue weighted by atomic mass is 16.5. The molecule has 7 heteroatoms. The highest BCUT2D eigenvalue weighted by molar-refractivity contribution is 5.94. The van der Waals surface area contributed by atoms with Gasteiger partial charge in [-0.1, -0.05) is 0 Å². The largest absolute Gasteiger partial charge is 0.494 e. The van der Waals surface area contributed by atoms with Gasteiger partial charge in [-0.2, -0.15) is 0 Å². The third kappa shape index (κ3) is 3.69. The molecule has 1 N–H and O–H groups in total. The lowest BCUT2D eigenvalue weighted by Gasteiger charge is -2.13. The molecular weight excluding hydrogens is 358 g/mol. The van der Waals surface area contributed by atoms with Crippen molar-refractivity contribution in [2.75, 3.05) is 6.61 Å². The molecule has 1 amide bonds. The first-order valence-electron chi connectivity index (χ1n) is 9.24. The number of rotatable bonds is 6. The van der Waals surface area contributed by atoms with E-state index in [2.05, 4.69) is 15.5 Å². The molecule has 0 saturated heterocycles. The SMILES string of the molecule is CCOc1cc2c(cc1CNC(=O)c1ccc(-c3nnco3)cc1)O[C@H](C)C2. The highest BCUT2D eigenvalue weighted by Crippen LogP contribution is 2.35. The van der Waals surface area contributed by atoms with Gasteiger partial charge in [-0.3, -0.25) is 4.79 Å². The fraction of sp³-hybridized carbons (Fsp3) is 0.286. The summed E-state index contributed by atoms with van der Waals surface area (Å²) >= 11 is 0. The smallest absolute Gasteiger partial charge is 0.251 e. The minimum atomic E-state index is -0.172. The molecule has 144 valence electrons. The Morgan fingerprint density at radius 2 is 2.11 bits per heavy atom. The normalized spacial score (nSPS) is 15.0. The van der Waals surface area contributed by atoms with E-state index in [1.54, 1.807) is 24.3 Å². The van der Waals surface area contributed by atoms with E-state index < -0.39 is 0 Å². The van der Waals surface area contributed by atoms with Crippen LogP contribution in [0.15, 0.2) is 47.2 Å². The molecule has 0 spiro atoms. The third-order valence-corrected chi connectivity index (χ3v) is 4.57. The van der Waals surface area contributed by atoms with Crippen molar-refractivity contribution in [1.82, 2.24) is 15.5 Å². The van der Waals surface area contributed by atoms with Crippen LogP contribution < -0.4 is 14.8 Å². The molecule has 0 bridgehead atoms. The summed E-state index contributed by atoms with van der Waals surface area (Å²) in [6.07, 6.45) is 2.30. The fourth-order valence-electron chi connectivity index (χ4n) is 3.25. The van der Waals surface area contributed by atoms with Gasteiger partial charge < -0.3 is 19.2 Å². The van der Waals surface area contributed by atoms with Crippen LogP contribution in [0.3, 0.4) is 0 Å². The summed E-state index contributed by atoms with van der Waals surface area (Å²) in [6.45, 7) is 4.90. The van der Waals surface area contributed by atoms with E-state index in [0.717, 1.165) is 34.6 Å². The van der Waals surface area contributed by atoms with Crippen molar-refractivity contribution in [2.24, 2.45) is 0 Å². The number of nitrogens with zero attached hydrogens (tertiary/aromatic N) is 2. The Hall–Kier alpha value is -3.35. The van der Waals surface area contributed by atoms with Crippen LogP contribution in [0.1, 0.15) is 35.3 Å². The molecule has 2 aromatic carbocycles. The van der Waals surface area contributed by atoms with E-state index in [1.165, 1.54) is 6.39 Å². The van der Waals surface area contributed by atoms with Gasteiger partial charge in [0.25, 0.3) is 5.91 Å². The minimum absolute atomic E-state index is 0.159. The van der Waals surface area contributed by atoms with Gasteiger partial charge in [-0.15, -0.1) is 10.2 Å². The first kappa shape index (κ1) is 18.0. The summed E-state index contributed by atoms with van der Waals surface area (Å²) in [5.41, 5.74) is 3.35. The summed E-state index contributed by atoms with van der Waals surface area (Å²) in [4.78, 5) is 12.5. The molecule has 28 heavy (non-hydrogen) atoms. The number of amides is 1. The lowest BCUT2D eigenvalue weighted by atomic mass is 10.1. The van der Waals surface area contributed by atoms with Gasteiger partial charge in [-0.25, -0.2) is 0 Å². The molecule has 1 aromatic heterocycles. The molecule has 1 atom stereocenters. The standard InChI is InChI=1S/C21H21N3O4/c1-3-26-18-9-16-8-13(2)28-19(16)10-17(18)11-22-20(25)14-4-6-15(7-5-14)21-24-23-12-27-21/h4-7,9-10,12-13H,3,8,11H2,1-2H3,(H,22,25)/t13-/m1/s1. The Morgan fingerprint density at radius 1 is 1.29 bits per heavy atom. The van der Waals surface area contributed by atoms with Crippen molar-refractivity contribution < 1.29 is 18.7 Å². The van der Waals surface area contributed by atoms with Crippen molar-refractivity contribution in [3.05, 3.63) is 59.5 Å². The highest BCUT2D eigenvalue weighted by Gasteiger charge is 2.22. The van der Waals surface area contributed by atoms with Crippen LogP contribution >= 0.6 is 0 Å². The Labute approximate surface area is 162 Å². The first-order chi connectivity index (χ1) is 13.6. The Bertz CT molecular complexity index is 968. The number of carbonyl (C=O) groups excluding carboxylic acids is 1. The van der Waals surface area contributed by atoms with E-state index in [4.69, 9.17) is 13.9 Å². The number of benzene rings is 2. The average molecular weight is 379 g/mol. The van der Waals surface area contributed by atoms with Crippen LogP contribution in [-0.2, 0) is 13.0 Å². The zero-order valence-corrected chi connectivity index (χ0v) is 15.8. The molecule has 2 heterocycles. The summed E-state index contributed by atoms with van der Waals surface area (Å²) in [7, 11) is 0. The van der Waals surface area contributed by atoms with Crippen molar-refractivity contribution >= 4 is 5.91 Å². The molecule has 3 aromatic rings. The van der Waals surface area contributed by atoms with Crippen LogP contribution in [0.4, 0.5) is 0 Å². The lowest BCUT2D eigenvalue weighted by molar-refractivity contribution is 0.0950. The lowest BCUT2D eigenvalue weighted by Crippen LogP contribution is -2.23. The van der Waals surface area contributed by atoms with Gasteiger partial charge in [0, 0.05) is 35.2 Å². The zero-order chi connectivity index (χ0) is 19.5. The summed E-state index contributed by atoms with van der Waals surface area (Å²) < 4.78 is 16.8. The van der Waals surface area contributed by atoms with Gasteiger partial charge in [-0.05, 0) is 50.2 Å². The van der Waals surface area contributed by atoms with Gasteiger partial charge >= 0.3 is 0 Å². The number of hydrogen-bond acceptors (Lipinski definition) is 6. The molecule has 1 aliphatic heterocycles. The quantitative estimate of drug-likeness (QED) is 0.706. The van der Waals surface area contributed by atoms with Crippen LogP contribution in [0.2, 0.25) is 0 Å². The number of fused-ring (bicyclic) bond motifs is 1. The van der Waals surface area contributed by atoms with E-state index in [0.29, 0.717) is 24.6 Å². The summed E-state index contributed by atoms with van der Waals surface area (Å²) in [5, 5.41) is 10.5. The number of ether oxygens (including phenoxy) is 2. The number of nitrogens with one attached hydrogen (secondary N) is 1. The predicted octanol–water partition coefficient (Wildman–Crippen LogP) is 3.39. The van der Waals surface area contributed by atoms with Crippen molar-refractivity contribution in [2.45, 2.75) is 32.9 Å². The summed E-state index contributed by atoms with van der Waals surface area (Å²) in [6, 6.07) is 11.0. The average Bonchev–Trinajstić information content (AvgIpc) is 3.35. The number of aromatic nitrogens is 2. The van der Waals surface area contributed by atoms with Gasteiger partial charge in [0.1, 0.15) is 17.6 Å². The maximum Gasteiger partial charge on any atom is 0.251 e. The second-order valence-corrected chi connectivity index (χ2v) is 6.64. The van der Waals surface area contributed by atoms with Crippen LogP contribution in [0, 0.1) is 0 Å². The molecule has 0 unspecified atom stereocenters. The molecule has 1 aliphatic rings. The zero-order valence-electron chi connectivity index (χ0n) is 15.8. The maximum absolute atomic E-state index is 12.5. The van der Waals surface area contributed by atoms with E-state index in [-0.39, 0.29) is 12.0 Å².